The van der Waals surface area contributed by atoms with Gasteiger partial charge in [0.25, 0.3) is 0 Å². The average Bonchev–Trinajstić information content (AvgIpc) is 2.43. The zero-order chi connectivity index (χ0) is 18.7. The average molecular weight is 397 g/mol. The Labute approximate surface area is 169 Å². The maximum absolute atomic E-state index is 4.32. The molecule has 0 aromatic heterocycles. The fourth-order valence-electron chi connectivity index (χ4n) is 1.98. The van der Waals surface area contributed by atoms with Crippen molar-refractivity contribution in [1.82, 2.24) is 0 Å². The number of hydrogen-bond acceptors (Lipinski definition) is 4. The summed E-state index contributed by atoms with van der Waals surface area (Å²) in [5, 5.41) is 0. The van der Waals surface area contributed by atoms with E-state index in [0.717, 1.165) is 19.6 Å². The molecular formula is C20H28S4. The van der Waals surface area contributed by atoms with E-state index >= 15 is 0 Å². The van der Waals surface area contributed by atoms with Crippen LogP contribution < -0.4 is 0 Å². The van der Waals surface area contributed by atoms with Gasteiger partial charge in [0.15, 0.2) is 0 Å². The monoisotopic (exact) mass is 396 g/mol. The van der Waals surface area contributed by atoms with E-state index in [-0.39, 0.29) is 10.8 Å². The molecule has 0 atom stereocenters. The molecule has 0 heterocycles. The predicted octanol–water partition coefficient (Wildman–Crippen LogP) is 7.12. The van der Waals surface area contributed by atoms with Crippen LogP contribution in [0.1, 0.15) is 52.7 Å². The van der Waals surface area contributed by atoms with Crippen LogP contribution in [0.15, 0.2) is 56.0 Å². The van der Waals surface area contributed by atoms with Crippen LogP contribution in [0, 0.1) is 0 Å². The van der Waals surface area contributed by atoms with Crippen LogP contribution in [0.2, 0.25) is 0 Å². The Kier molecular flexibility index (Phi) is 7.73. The van der Waals surface area contributed by atoms with Crippen LogP contribution in [0.3, 0.4) is 0 Å². The Morgan fingerprint density at radius 3 is 1.00 bits per heavy atom. The van der Waals surface area contributed by atoms with E-state index in [1.807, 2.05) is 12.1 Å². The van der Waals surface area contributed by atoms with Gasteiger partial charge in [-0.2, -0.15) is 0 Å². The summed E-state index contributed by atoms with van der Waals surface area (Å²) in [4.78, 5) is 3.77. The molecule has 24 heavy (non-hydrogen) atoms. The molecule has 2 aromatic rings. The highest BCUT2D eigenvalue weighted by Gasteiger charge is 2.14. The largest absolute Gasteiger partial charge is 0.142 e. The van der Waals surface area contributed by atoms with E-state index in [0.29, 0.717) is 0 Å². The molecule has 0 N–H and O–H groups in total. The Bertz CT molecular complexity index is 630. The van der Waals surface area contributed by atoms with E-state index in [4.69, 9.17) is 0 Å². The predicted molar refractivity (Wildman–Crippen MR) is 119 cm³/mol. The molecule has 0 fully saturated rings. The van der Waals surface area contributed by atoms with Crippen molar-refractivity contribution in [3.63, 3.8) is 0 Å². The van der Waals surface area contributed by atoms with Gasteiger partial charge in [0.2, 0.25) is 0 Å². The second kappa shape index (κ2) is 8.48. The van der Waals surface area contributed by atoms with Crippen molar-refractivity contribution < 1.29 is 0 Å². The van der Waals surface area contributed by atoms with Crippen LogP contribution in [0.5, 0.6) is 0 Å². The summed E-state index contributed by atoms with van der Waals surface area (Å²) in [6.45, 7) is 13.1. The number of thiol groups is 4. The summed E-state index contributed by atoms with van der Waals surface area (Å²) in [5.41, 5.74) is 2.98. The van der Waals surface area contributed by atoms with Crippen LogP contribution in [0.4, 0.5) is 0 Å². The quantitative estimate of drug-likeness (QED) is 0.335. The third-order valence-electron chi connectivity index (χ3n) is 3.68. The highest BCUT2D eigenvalue weighted by molar-refractivity contribution is 7.83. The first-order chi connectivity index (χ1) is 10.8. The Morgan fingerprint density at radius 1 is 0.500 bits per heavy atom. The normalized spacial score (nSPS) is 11.8. The van der Waals surface area contributed by atoms with Gasteiger partial charge in [0.05, 0.1) is 0 Å². The lowest BCUT2D eigenvalue weighted by Crippen LogP contribution is -2.10. The molecule has 0 aliphatic carbocycles. The van der Waals surface area contributed by atoms with Crippen molar-refractivity contribution in [2.24, 2.45) is 0 Å². The maximum Gasteiger partial charge on any atom is 0.0177 e. The van der Waals surface area contributed by atoms with Crippen molar-refractivity contribution in [2.45, 2.75) is 72.0 Å². The van der Waals surface area contributed by atoms with Crippen LogP contribution in [-0.4, -0.2) is 0 Å². The molecule has 0 aliphatic rings. The minimum absolute atomic E-state index is 0.193. The molecule has 0 spiro atoms. The molecular weight excluding hydrogens is 368 g/mol. The maximum atomic E-state index is 4.32. The molecule has 0 bridgehead atoms. The van der Waals surface area contributed by atoms with Crippen LogP contribution in [0.25, 0.3) is 0 Å². The van der Waals surface area contributed by atoms with Gasteiger partial charge in [0, 0.05) is 19.6 Å². The lowest BCUT2D eigenvalue weighted by molar-refractivity contribution is 0.587. The summed E-state index contributed by atoms with van der Waals surface area (Å²) in [6.07, 6.45) is 0. The van der Waals surface area contributed by atoms with Crippen molar-refractivity contribution in [3.05, 3.63) is 47.5 Å². The zero-order valence-electron chi connectivity index (χ0n) is 15.3. The van der Waals surface area contributed by atoms with E-state index in [9.17, 15) is 0 Å². The van der Waals surface area contributed by atoms with Crippen LogP contribution >= 0.6 is 50.5 Å². The first-order valence-corrected chi connectivity index (χ1v) is 9.66. The zero-order valence-corrected chi connectivity index (χ0v) is 18.8. The SMILES string of the molecule is CC(C)(C)c1ccc(S)c(S)c1.CC(C)(C)c1ccc(S)c(S)c1. The fourth-order valence-corrected chi connectivity index (χ4v) is 2.69. The van der Waals surface area contributed by atoms with E-state index in [2.05, 4.69) is 116 Å². The minimum Gasteiger partial charge on any atom is -0.142 e. The summed E-state index contributed by atoms with van der Waals surface area (Å²) in [6, 6.07) is 12.3. The standard InChI is InChI=1S/2C10H14S2/c2*1-10(2,3)7-4-5-8(11)9(12)6-7/h2*4-6,11-12H,1-3H3. The number of hydrogen-bond donors (Lipinski definition) is 4. The molecule has 4 heteroatoms. The molecule has 2 aromatic carbocycles. The first kappa shape index (κ1) is 21.9. The van der Waals surface area contributed by atoms with Gasteiger partial charge in [0.1, 0.15) is 0 Å². The third-order valence-corrected chi connectivity index (χ3v) is 5.56. The highest BCUT2D eigenvalue weighted by atomic mass is 32.1. The summed E-state index contributed by atoms with van der Waals surface area (Å²) in [7, 11) is 0. The van der Waals surface area contributed by atoms with E-state index in [1.54, 1.807) is 0 Å². The van der Waals surface area contributed by atoms with Crippen molar-refractivity contribution in [2.75, 3.05) is 0 Å². The lowest BCUT2D eigenvalue weighted by atomic mass is 9.87. The molecule has 0 amide bonds. The molecule has 0 nitrogen and oxygen atoms in total. The van der Waals surface area contributed by atoms with E-state index < -0.39 is 0 Å². The van der Waals surface area contributed by atoms with Crippen LogP contribution in [-0.2, 0) is 10.8 Å². The lowest BCUT2D eigenvalue weighted by Gasteiger charge is -2.19. The van der Waals surface area contributed by atoms with Gasteiger partial charge >= 0.3 is 0 Å². The van der Waals surface area contributed by atoms with Crippen molar-refractivity contribution in [1.29, 1.82) is 0 Å². The van der Waals surface area contributed by atoms with Crippen molar-refractivity contribution in [3.8, 4) is 0 Å². The molecule has 0 unspecified atom stereocenters. The van der Waals surface area contributed by atoms with Crippen molar-refractivity contribution >= 4 is 50.5 Å². The second-order valence-corrected chi connectivity index (χ2v) is 9.83. The number of benzene rings is 2. The highest BCUT2D eigenvalue weighted by Crippen LogP contribution is 2.28. The van der Waals surface area contributed by atoms with Gasteiger partial charge < -0.3 is 0 Å². The molecule has 2 rings (SSSR count). The van der Waals surface area contributed by atoms with Gasteiger partial charge in [-0.25, -0.2) is 0 Å². The Balaban J connectivity index is 0.000000240. The topological polar surface area (TPSA) is 0 Å². The summed E-state index contributed by atoms with van der Waals surface area (Å²) >= 11 is 17.2. The van der Waals surface area contributed by atoms with Gasteiger partial charge in [-0.15, -0.1) is 50.5 Å². The van der Waals surface area contributed by atoms with Gasteiger partial charge in [-0.3, -0.25) is 0 Å². The van der Waals surface area contributed by atoms with Gasteiger partial charge in [-0.1, -0.05) is 53.7 Å². The number of rotatable bonds is 0. The third kappa shape index (κ3) is 6.62. The van der Waals surface area contributed by atoms with E-state index in [1.165, 1.54) is 11.1 Å². The minimum atomic E-state index is 0.193. The molecule has 0 saturated carbocycles. The molecule has 132 valence electrons. The second-order valence-electron chi connectivity index (χ2n) is 7.91. The summed E-state index contributed by atoms with van der Waals surface area (Å²) < 4.78 is 0. The Morgan fingerprint density at radius 2 is 0.792 bits per heavy atom. The first-order valence-electron chi connectivity index (χ1n) is 7.87. The van der Waals surface area contributed by atoms with Gasteiger partial charge in [-0.05, 0) is 46.2 Å². The molecule has 0 aliphatic heterocycles. The fraction of sp³-hybridized carbons (Fsp3) is 0.400. The summed E-state index contributed by atoms with van der Waals surface area (Å²) in [5.74, 6) is 0. The molecule has 0 radical (unpaired) electrons. The molecule has 0 saturated heterocycles. The smallest absolute Gasteiger partial charge is 0.0177 e. The Hall–Kier alpha value is -0.160.